The minimum atomic E-state index is -1.52. The third-order valence-corrected chi connectivity index (χ3v) is 16.5. The molecule has 0 aromatic rings. The summed E-state index contributed by atoms with van der Waals surface area (Å²) in [7, 11) is 0. The molecule has 12 amide bonds. The second-order valence-corrected chi connectivity index (χ2v) is 27.2. The number of hydrogen-bond acceptors (Lipinski definition) is 18. The van der Waals surface area contributed by atoms with E-state index in [4.69, 9.17) is 56.0 Å². The molecule has 12 atom stereocenters. The molecule has 0 spiro atoms. The molecule has 0 aromatic carbocycles. The maximum atomic E-state index is 14.8. The van der Waals surface area contributed by atoms with Crippen molar-refractivity contribution in [3.63, 3.8) is 0 Å². The average Bonchev–Trinajstić information content (AvgIpc) is 0.801. The molecule has 0 bridgehead atoms. The predicted molar refractivity (Wildman–Crippen MR) is 391 cm³/mol. The highest BCUT2D eigenvalue weighted by Gasteiger charge is 2.36. The molecular formula is C65H123N25O14. The molecule has 0 heterocycles. The van der Waals surface area contributed by atoms with E-state index in [0.717, 1.165) is 0 Å². The van der Waals surface area contributed by atoms with Crippen LogP contribution in [0.15, 0.2) is 0 Å². The first-order valence-electron chi connectivity index (χ1n) is 35.6. The van der Waals surface area contributed by atoms with Crippen molar-refractivity contribution in [1.29, 1.82) is 21.6 Å². The second kappa shape index (κ2) is 51.3. The molecule has 0 saturated carbocycles. The quantitative estimate of drug-likeness (QED) is 0.0155. The Labute approximate surface area is 609 Å². The highest BCUT2D eigenvalue weighted by atomic mass is 16.4. The Kier molecular flexibility index (Phi) is 46.5. The van der Waals surface area contributed by atoms with E-state index in [2.05, 4.69) is 79.8 Å². The SMILES string of the molecule is CC[C@H](C)[C@H](C)C(=O)N[C@@H](CCC(=O)O)C(=O)NCC(=O)N[C@@H](CC(C)C)C(=O)N[C@@H](CCCNC(=N)N)C(=O)N[C@@H](CCCCN)C(=O)N[C@@H](CCCNC(=N)N)C(=O)N[C@@H](CCCNC(=N)N)C(=O)N[C@@H](CCCNC(=N)N)C(=O)N[C@@H](CC(C)C)C(=O)N[C@@H](CC(C)C)C(=O)N[C@@H](C)C(N)=O. The summed E-state index contributed by atoms with van der Waals surface area (Å²) < 4.78 is 0. The van der Waals surface area contributed by atoms with Gasteiger partial charge in [-0.15, -0.1) is 0 Å². The topological polar surface area (TPSA) is 674 Å². The van der Waals surface area contributed by atoms with E-state index < -0.39 is 174 Å². The van der Waals surface area contributed by atoms with Crippen LogP contribution in [-0.4, -0.2) is 205 Å². The molecule has 0 aliphatic rings. The van der Waals surface area contributed by atoms with Crippen LogP contribution < -0.4 is 114 Å². The van der Waals surface area contributed by atoms with E-state index in [9.17, 15) is 67.4 Å². The Morgan fingerprint density at radius 3 is 0.913 bits per heavy atom. The van der Waals surface area contributed by atoms with Gasteiger partial charge in [-0.2, -0.15) is 0 Å². The van der Waals surface area contributed by atoms with Gasteiger partial charge in [0, 0.05) is 38.5 Å². The summed E-state index contributed by atoms with van der Waals surface area (Å²) in [5, 5.41) is 79.4. The van der Waals surface area contributed by atoms with Gasteiger partial charge in [-0.05, 0) is 133 Å². The Balaban J connectivity index is 7.51. The van der Waals surface area contributed by atoms with E-state index in [-0.39, 0.29) is 152 Å². The largest absolute Gasteiger partial charge is 0.481 e. The van der Waals surface area contributed by atoms with Crippen LogP contribution in [0.5, 0.6) is 0 Å². The van der Waals surface area contributed by atoms with Crippen LogP contribution in [0.3, 0.4) is 0 Å². The zero-order valence-corrected chi connectivity index (χ0v) is 62.1. The molecule has 0 saturated heterocycles. The van der Waals surface area contributed by atoms with Crippen molar-refractivity contribution in [2.45, 2.75) is 239 Å². The van der Waals surface area contributed by atoms with Crippen molar-refractivity contribution in [2.24, 2.45) is 64.0 Å². The van der Waals surface area contributed by atoms with Crippen LogP contribution in [0, 0.1) is 51.2 Å². The summed E-state index contributed by atoms with van der Waals surface area (Å²) in [5.74, 6) is -14.0. The molecule has 104 heavy (non-hydrogen) atoms. The first-order valence-corrected chi connectivity index (χ1v) is 35.6. The summed E-state index contributed by atoms with van der Waals surface area (Å²) >= 11 is 0. The number of amides is 12. The van der Waals surface area contributed by atoms with E-state index >= 15 is 0 Å². The molecule has 39 heteroatoms. The van der Waals surface area contributed by atoms with E-state index in [1.165, 1.54) is 6.92 Å². The number of unbranched alkanes of at least 4 members (excludes halogenated alkanes) is 1. The standard InChI is InChI=1S/C65H123N25O14/c1-11-37(8)38(9)52(95)83-45(23-24-50(92)93)53(96)80-33-49(91)82-46(30-34(2)3)60(103)88-43(21-16-28-78-64(72)73)57(100)84-40(18-12-13-25-66)54(97)85-41(19-14-26-76-62(68)69)55(98)86-42(20-15-27-77-63(70)71)56(99)87-44(22-17-29-79-65(74)75)58(101)89-48(32-36(6)7)61(104)90-47(31-35(4)5)59(102)81-39(10)51(67)94/h34-48H,11-33,66H2,1-10H3,(H2,67,94)(H,80,96)(H,81,102)(H,82,91)(H,83,95)(H,84,100)(H,85,97)(H,86,98)(H,87,99)(H,88,103)(H,89,101)(H,90,104)(H,92,93)(H4,68,69,76)(H4,70,71,77)(H4,72,73,78)(H4,74,75,79)/t37-,38-,39-,40-,41-,42-,43-,44-,45-,46-,47-,48-/m0/s1. The second-order valence-electron chi connectivity index (χ2n) is 27.2. The van der Waals surface area contributed by atoms with Gasteiger partial charge >= 0.3 is 5.97 Å². The first-order chi connectivity index (χ1) is 48.7. The van der Waals surface area contributed by atoms with Crippen molar-refractivity contribution in [1.82, 2.24) is 79.8 Å². The lowest BCUT2D eigenvalue weighted by Crippen LogP contribution is -2.60. The van der Waals surface area contributed by atoms with Crippen molar-refractivity contribution in [3.8, 4) is 0 Å². The van der Waals surface area contributed by atoms with Gasteiger partial charge in [0.05, 0.1) is 6.54 Å². The molecule has 592 valence electrons. The van der Waals surface area contributed by atoms with Gasteiger partial charge in [-0.25, -0.2) is 0 Å². The minimum Gasteiger partial charge on any atom is -0.481 e. The number of carbonyl (C=O) groups is 13. The molecule has 0 aliphatic heterocycles. The Morgan fingerprint density at radius 2 is 0.625 bits per heavy atom. The van der Waals surface area contributed by atoms with Crippen LogP contribution in [0.25, 0.3) is 0 Å². The minimum absolute atomic E-state index is 0.00400. The molecule has 0 radical (unpaired) electrons. The summed E-state index contributed by atoms with van der Waals surface area (Å²) in [5.41, 5.74) is 33.4. The molecule has 0 fully saturated rings. The zero-order valence-electron chi connectivity index (χ0n) is 62.1. The number of carboxylic acid groups (broad SMARTS) is 1. The number of carboxylic acids is 1. The van der Waals surface area contributed by atoms with Crippen molar-refractivity contribution >= 4 is 101 Å². The smallest absolute Gasteiger partial charge is 0.303 e. The molecule has 0 aromatic heterocycles. The Bertz CT molecular complexity index is 2850. The maximum absolute atomic E-state index is 14.8. The summed E-state index contributed by atoms with van der Waals surface area (Å²) in [6, 6.07) is -13.6. The van der Waals surface area contributed by atoms with Gasteiger partial charge in [0.2, 0.25) is 70.9 Å². The normalized spacial score (nSPS) is 14.5. The lowest BCUT2D eigenvalue weighted by molar-refractivity contribution is -0.138. The number of hydrogen-bond donors (Lipinski definition) is 26. The van der Waals surface area contributed by atoms with Gasteiger partial charge in [0.15, 0.2) is 23.8 Å². The highest BCUT2D eigenvalue weighted by Crippen LogP contribution is 2.17. The van der Waals surface area contributed by atoms with E-state index in [1.807, 2.05) is 13.8 Å². The molecule has 0 unspecified atom stereocenters. The number of carbonyl (C=O) groups excluding carboxylic acids is 12. The molecule has 0 aliphatic carbocycles. The Morgan fingerprint density at radius 1 is 0.346 bits per heavy atom. The van der Waals surface area contributed by atoms with Gasteiger partial charge in [0.25, 0.3) is 0 Å². The van der Waals surface area contributed by atoms with Crippen LogP contribution >= 0.6 is 0 Å². The number of nitrogens with two attached hydrogens (primary N) is 6. The van der Waals surface area contributed by atoms with E-state index in [0.29, 0.717) is 12.8 Å². The monoisotopic (exact) mass is 1480 g/mol. The van der Waals surface area contributed by atoms with Crippen molar-refractivity contribution in [2.75, 3.05) is 39.3 Å². The molecule has 32 N–H and O–H groups in total. The van der Waals surface area contributed by atoms with Gasteiger partial charge < -0.3 is 119 Å². The van der Waals surface area contributed by atoms with Crippen LogP contribution in [0.1, 0.15) is 178 Å². The summed E-state index contributed by atoms with van der Waals surface area (Å²) in [6.07, 6.45) is 0.236. The fourth-order valence-corrected chi connectivity index (χ4v) is 10.3. The van der Waals surface area contributed by atoms with Crippen molar-refractivity contribution < 1.29 is 67.4 Å². The number of rotatable bonds is 54. The van der Waals surface area contributed by atoms with Gasteiger partial charge in [0.1, 0.15) is 60.4 Å². The highest BCUT2D eigenvalue weighted by molar-refractivity contribution is 5.99. The Hall–Kier alpha value is -9.85. The average molecular weight is 1480 g/mol. The third kappa shape index (κ3) is 41.9. The fourth-order valence-electron chi connectivity index (χ4n) is 10.3. The maximum Gasteiger partial charge on any atom is 0.303 e. The van der Waals surface area contributed by atoms with Crippen LogP contribution in [0.2, 0.25) is 0 Å². The van der Waals surface area contributed by atoms with Gasteiger partial charge in [-0.3, -0.25) is 84.0 Å². The van der Waals surface area contributed by atoms with Gasteiger partial charge in [-0.1, -0.05) is 68.7 Å². The van der Waals surface area contributed by atoms with Crippen LogP contribution in [-0.2, 0) is 62.3 Å². The summed E-state index contributed by atoms with van der Waals surface area (Å²) in [6.45, 7) is 17.0. The first kappa shape index (κ1) is 94.2. The predicted octanol–water partition coefficient (Wildman–Crippen LogP) is -4.68. The number of aliphatic carboxylic acids is 1. The molecule has 0 rings (SSSR count). The fraction of sp³-hybridized carbons (Fsp3) is 0.738. The zero-order chi connectivity index (χ0) is 79.3. The molecular weight excluding hydrogens is 1350 g/mol. The lowest BCUT2D eigenvalue weighted by atomic mass is 9.92. The van der Waals surface area contributed by atoms with Crippen LogP contribution in [0.4, 0.5) is 0 Å². The number of nitrogens with one attached hydrogen (secondary N) is 19. The van der Waals surface area contributed by atoms with E-state index in [1.54, 1.807) is 48.5 Å². The van der Waals surface area contributed by atoms with Crippen molar-refractivity contribution in [3.05, 3.63) is 0 Å². The number of guanidine groups is 4. The molecule has 39 nitrogen and oxygen atoms in total. The number of primary amides is 1. The lowest BCUT2D eigenvalue weighted by Gasteiger charge is -2.29. The summed E-state index contributed by atoms with van der Waals surface area (Å²) in [4.78, 5) is 179. The third-order valence-electron chi connectivity index (χ3n) is 16.5.